The molecule has 0 saturated carbocycles. The zero-order chi connectivity index (χ0) is 20.1. The van der Waals surface area contributed by atoms with Gasteiger partial charge in [0.05, 0.1) is 12.2 Å². The monoisotopic (exact) mass is 385 g/mol. The van der Waals surface area contributed by atoms with Gasteiger partial charge in [-0.2, -0.15) is 13.2 Å². The number of aromatic nitrogens is 1. The molecule has 1 heterocycles. The van der Waals surface area contributed by atoms with Gasteiger partial charge in [0.1, 0.15) is 5.82 Å². The number of anilines is 1. The van der Waals surface area contributed by atoms with Crippen LogP contribution in [0.15, 0.2) is 48.8 Å². The summed E-state index contributed by atoms with van der Waals surface area (Å²) < 4.78 is 59.4. The van der Waals surface area contributed by atoms with Crippen molar-refractivity contribution in [3.8, 4) is 0 Å². The van der Waals surface area contributed by atoms with E-state index in [-0.39, 0.29) is 17.9 Å². The van der Waals surface area contributed by atoms with Crippen LogP contribution in [0.4, 0.5) is 23.2 Å². The fourth-order valence-corrected chi connectivity index (χ4v) is 2.12. The van der Waals surface area contributed by atoms with Crippen LogP contribution in [0, 0.1) is 5.82 Å². The number of pyridine rings is 1. The van der Waals surface area contributed by atoms with Crippen LogP contribution in [-0.2, 0) is 9.53 Å². The molecule has 1 atom stereocenters. The van der Waals surface area contributed by atoms with E-state index < -0.39 is 29.5 Å². The number of halogens is 4. The molecule has 0 saturated heterocycles. The Morgan fingerprint density at radius 3 is 2.33 bits per heavy atom. The number of nitrogens with one attached hydrogen (secondary N) is 2. The molecule has 1 aromatic heterocycles. The largest absolute Gasteiger partial charge is 0.463 e. The number of carbonyl (C=O) groups is 2. The number of carbonyl (C=O) groups excluding carboxylic acids is 2. The number of rotatable bonds is 6. The Balaban J connectivity index is 2.48. The molecule has 0 bridgehead atoms. The molecular weight excluding hydrogens is 370 g/mol. The van der Waals surface area contributed by atoms with Crippen LogP contribution in [-0.4, -0.2) is 35.3 Å². The third-order valence-electron chi connectivity index (χ3n) is 3.41. The van der Waals surface area contributed by atoms with Crippen LogP contribution in [0.3, 0.4) is 0 Å². The molecule has 1 aromatic carbocycles. The summed E-state index contributed by atoms with van der Waals surface area (Å²) in [5.41, 5.74) is -4.04. The molecule has 0 spiro atoms. The highest BCUT2D eigenvalue weighted by Gasteiger charge is 2.63. The fourth-order valence-electron chi connectivity index (χ4n) is 2.12. The predicted octanol–water partition coefficient (Wildman–Crippen LogP) is 2.88. The second kappa shape index (κ2) is 8.02. The zero-order valence-corrected chi connectivity index (χ0v) is 14.0. The third-order valence-corrected chi connectivity index (χ3v) is 3.41. The Morgan fingerprint density at radius 2 is 1.81 bits per heavy atom. The lowest BCUT2D eigenvalue weighted by Crippen LogP contribution is -2.69. The van der Waals surface area contributed by atoms with Gasteiger partial charge in [0.15, 0.2) is 0 Å². The third kappa shape index (κ3) is 4.52. The van der Waals surface area contributed by atoms with Gasteiger partial charge < -0.3 is 15.4 Å². The second-order valence-electron chi connectivity index (χ2n) is 5.30. The van der Waals surface area contributed by atoms with Crippen LogP contribution < -0.4 is 10.6 Å². The smallest absolute Gasteiger partial charge is 0.441 e. The van der Waals surface area contributed by atoms with E-state index in [0.29, 0.717) is 0 Å². The molecule has 0 aliphatic heterocycles. The summed E-state index contributed by atoms with van der Waals surface area (Å²) in [6.07, 6.45) is -2.92. The topological polar surface area (TPSA) is 80.3 Å². The number of nitrogens with zero attached hydrogens (tertiary/aromatic N) is 1. The molecule has 1 amide bonds. The minimum atomic E-state index is -5.29. The standard InChI is InChI=1S/C17H15F4N3O3/c1-2-27-15(26)16(17(19,20)21,23-13-7-5-12(18)6-8-13)24-14(25)11-4-3-9-22-10-11/h3-10,23H,2H2,1H3,(H,24,25)/t16-/m0/s1. The van der Waals surface area contributed by atoms with Gasteiger partial charge in [-0.3, -0.25) is 9.78 Å². The van der Waals surface area contributed by atoms with Gasteiger partial charge in [0, 0.05) is 18.1 Å². The molecule has 0 aliphatic carbocycles. The maximum Gasteiger partial charge on any atom is 0.441 e. The maximum absolute atomic E-state index is 13.9. The van der Waals surface area contributed by atoms with Crippen molar-refractivity contribution < 1.29 is 31.9 Å². The van der Waals surface area contributed by atoms with Crippen LogP contribution in [0.25, 0.3) is 0 Å². The SMILES string of the molecule is CCOC(=O)[C@@](NC(=O)c1cccnc1)(Nc1ccc(F)cc1)C(F)(F)F. The van der Waals surface area contributed by atoms with Crippen LogP contribution in [0.5, 0.6) is 0 Å². The zero-order valence-electron chi connectivity index (χ0n) is 14.0. The summed E-state index contributed by atoms with van der Waals surface area (Å²) in [6, 6.07) is 6.36. The Hall–Kier alpha value is -3.17. The molecule has 0 fully saturated rings. The first-order chi connectivity index (χ1) is 12.7. The number of alkyl halides is 3. The number of benzene rings is 1. The first kappa shape index (κ1) is 20.1. The van der Waals surface area contributed by atoms with Crippen molar-refractivity contribution in [2.75, 3.05) is 11.9 Å². The first-order valence-electron chi connectivity index (χ1n) is 7.70. The second-order valence-corrected chi connectivity index (χ2v) is 5.30. The minimum absolute atomic E-state index is 0.198. The maximum atomic E-state index is 13.9. The Kier molecular flexibility index (Phi) is 5.98. The average molecular weight is 385 g/mol. The lowest BCUT2D eigenvalue weighted by Gasteiger charge is -2.35. The van der Waals surface area contributed by atoms with Gasteiger partial charge in [0.2, 0.25) is 0 Å². The highest BCUT2D eigenvalue weighted by molar-refractivity contribution is 5.99. The van der Waals surface area contributed by atoms with Crippen LogP contribution in [0.1, 0.15) is 17.3 Å². The van der Waals surface area contributed by atoms with Gasteiger partial charge in [-0.25, -0.2) is 9.18 Å². The van der Waals surface area contributed by atoms with Crippen molar-refractivity contribution in [3.05, 3.63) is 60.2 Å². The van der Waals surface area contributed by atoms with Gasteiger partial charge >= 0.3 is 17.8 Å². The Labute approximate surface area is 151 Å². The quantitative estimate of drug-likeness (QED) is 0.454. The molecule has 144 valence electrons. The summed E-state index contributed by atoms with van der Waals surface area (Å²) >= 11 is 0. The highest BCUT2D eigenvalue weighted by Crippen LogP contribution is 2.33. The van der Waals surface area contributed by atoms with E-state index >= 15 is 0 Å². The summed E-state index contributed by atoms with van der Waals surface area (Å²) in [5, 5.41) is 3.58. The van der Waals surface area contributed by atoms with Crippen molar-refractivity contribution in [1.82, 2.24) is 10.3 Å². The van der Waals surface area contributed by atoms with E-state index in [1.54, 1.807) is 5.32 Å². The van der Waals surface area contributed by atoms with E-state index in [1.807, 2.05) is 5.32 Å². The molecule has 27 heavy (non-hydrogen) atoms. The predicted molar refractivity (Wildman–Crippen MR) is 87.1 cm³/mol. The fraction of sp³-hybridized carbons (Fsp3) is 0.235. The van der Waals surface area contributed by atoms with E-state index in [4.69, 9.17) is 0 Å². The van der Waals surface area contributed by atoms with E-state index in [2.05, 4.69) is 9.72 Å². The average Bonchev–Trinajstić information content (AvgIpc) is 2.62. The molecule has 0 radical (unpaired) electrons. The molecule has 0 unspecified atom stereocenters. The van der Waals surface area contributed by atoms with E-state index in [1.165, 1.54) is 25.3 Å². The Morgan fingerprint density at radius 1 is 1.15 bits per heavy atom. The van der Waals surface area contributed by atoms with Crippen molar-refractivity contribution >= 4 is 17.6 Å². The van der Waals surface area contributed by atoms with Gasteiger partial charge in [-0.15, -0.1) is 0 Å². The highest BCUT2D eigenvalue weighted by atomic mass is 19.4. The van der Waals surface area contributed by atoms with Crippen molar-refractivity contribution in [2.24, 2.45) is 0 Å². The molecule has 2 aromatic rings. The normalized spacial score (nSPS) is 13.4. The van der Waals surface area contributed by atoms with Gasteiger partial charge in [0.25, 0.3) is 5.91 Å². The van der Waals surface area contributed by atoms with E-state index in [9.17, 15) is 27.2 Å². The molecule has 0 aliphatic rings. The first-order valence-corrected chi connectivity index (χ1v) is 7.70. The molecule has 10 heteroatoms. The molecule has 2 rings (SSSR count). The molecular formula is C17H15F4N3O3. The summed E-state index contributed by atoms with van der Waals surface area (Å²) in [7, 11) is 0. The summed E-state index contributed by atoms with van der Waals surface area (Å²) in [5.74, 6) is -3.66. The number of ether oxygens (including phenoxy) is 1. The minimum Gasteiger partial charge on any atom is -0.463 e. The van der Waals surface area contributed by atoms with Crippen molar-refractivity contribution in [2.45, 2.75) is 18.8 Å². The van der Waals surface area contributed by atoms with Crippen LogP contribution >= 0.6 is 0 Å². The van der Waals surface area contributed by atoms with Gasteiger partial charge in [-0.1, -0.05) is 0 Å². The Bertz CT molecular complexity index is 797. The molecule has 6 nitrogen and oxygen atoms in total. The summed E-state index contributed by atoms with van der Waals surface area (Å²) in [4.78, 5) is 28.2. The number of hydrogen-bond donors (Lipinski definition) is 2. The number of amides is 1. The van der Waals surface area contributed by atoms with Crippen molar-refractivity contribution in [1.29, 1.82) is 0 Å². The van der Waals surface area contributed by atoms with Gasteiger partial charge in [-0.05, 0) is 43.3 Å². The summed E-state index contributed by atoms with van der Waals surface area (Å²) in [6.45, 7) is 0.963. The van der Waals surface area contributed by atoms with E-state index in [0.717, 1.165) is 30.5 Å². The lowest BCUT2D eigenvalue weighted by molar-refractivity contribution is -0.204. The lowest BCUT2D eigenvalue weighted by atomic mass is 10.1. The number of esters is 1. The number of hydrogen-bond acceptors (Lipinski definition) is 5. The van der Waals surface area contributed by atoms with Crippen LogP contribution in [0.2, 0.25) is 0 Å². The van der Waals surface area contributed by atoms with Crippen molar-refractivity contribution in [3.63, 3.8) is 0 Å². The molecule has 2 N–H and O–H groups in total.